The molecule has 34 heavy (non-hydrogen) atoms. The van der Waals surface area contributed by atoms with Crippen molar-refractivity contribution in [2.24, 2.45) is 0 Å². The first-order valence-corrected chi connectivity index (χ1v) is 10.5. The molecule has 8 heteroatoms. The van der Waals surface area contributed by atoms with Crippen LogP contribution in [0.25, 0.3) is 0 Å². The first-order valence-electron chi connectivity index (χ1n) is 10.5. The lowest BCUT2D eigenvalue weighted by molar-refractivity contribution is 0.102. The maximum Gasteiger partial charge on any atom is 0.257 e. The van der Waals surface area contributed by atoms with E-state index < -0.39 is 5.91 Å². The van der Waals surface area contributed by atoms with Gasteiger partial charge in [-0.2, -0.15) is 0 Å². The number of amides is 2. The quantitative estimate of drug-likeness (QED) is 0.475. The largest absolute Gasteiger partial charge is 0.493 e. The van der Waals surface area contributed by atoms with E-state index in [2.05, 4.69) is 17.2 Å². The number of benzene rings is 3. The Labute approximate surface area is 197 Å². The molecule has 0 fully saturated rings. The number of hydrogen-bond acceptors (Lipinski definition) is 6. The average Bonchev–Trinajstić information content (AvgIpc) is 3.32. The molecule has 174 valence electrons. The van der Waals surface area contributed by atoms with Gasteiger partial charge in [-0.3, -0.25) is 9.59 Å². The van der Waals surface area contributed by atoms with Crippen LogP contribution in [-0.4, -0.2) is 32.8 Å². The van der Waals surface area contributed by atoms with Gasteiger partial charge in [0.05, 0.1) is 25.5 Å². The molecule has 1 aliphatic rings. The summed E-state index contributed by atoms with van der Waals surface area (Å²) in [6.07, 6.45) is 2.21. The lowest BCUT2D eigenvalue weighted by atomic mass is 10.0. The second-order valence-corrected chi connectivity index (χ2v) is 7.39. The molecule has 1 aliphatic heterocycles. The number of rotatable bonds is 8. The molecule has 0 spiro atoms. The molecule has 3 aromatic carbocycles. The van der Waals surface area contributed by atoms with Crippen molar-refractivity contribution in [2.45, 2.75) is 6.42 Å². The van der Waals surface area contributed by atoms with E-state index in [1.54, 1.807) is 67.8 Å². The van der Waals surface area contributed by atoms with E-state index in [1.807, 2.05) is 0 Å². The van der Waals surface area contributed by atoms with Crippen molar-refractivity contribution in [2.75, 3.05) is 31.6 Å². The number of carbonyl (C=O) groups excluding carboxylic acids is 2. The Hall–Kier alpha value is -4.46. The molecule has 2 amide bonds. The van der Waals surface area contributed by atoms with Gasteiger partial charge >= 0.3 is 0 Å². The summed E-state index contributed by atoms with van der Waals surface area (Å²) in [6.45, 7) is 3.90. The van der Waals surface area contributed by atoms with Gasteiger partial charge in [-0.1, -0.05) is 18.2 Å². The Kier molecular flexibility index (Phi) is 6.68. The maximum atomic E-state index is 13.1. The zero-order valence-electron chi connectivity index (χ0n) is 18.8. The van der Waals surface area contributed by atoms with Crippen molar-refractivity contribution in [3.63, 3.8) is 0 Å². The summed E-state index contributed by atoms with van der Waals surface area (Å²) < 4.78 is 21.5. The lowest BCUT2D eigenvalue weighted by Crippen LogP contribution is -2.18. The van der Waals surface area contributed by atoms with Crippen LogP contribution in [0.3, 0.4) is 0 Å². The molecule has 0 unspecified atom stereocenters. The number of methoxy groups -OCH3 is 2. The van der Waals surface area contributed by atoms with Crippen LogP contribution in [0.5, 0.6) is 23.0 Å². The van der Waals surface area contributed by atoms with E-state index >= 15 is 0 Å². The van der Waals surface area contributed by atoms with Gasteiger partial charge in [0.2, 0.25) is 6.79 Å². The highest BCUT2D eigenvalue weighted by atomic mass is 16.7. The first-order chi connectivity index (χ1) is 16.5. The fourth-order valence-electron chi connectivity index (χ4n) is 3.64. The van der Waals surface area contributed by atoms with Gasteiger partial charge in [0.15, 0.2) is 23.0 Å². The van der Waals surface area contributed by atoms with Crippen LogP contribution < -0.4 is 29.6 Å². The normalized spacial score (nSPS) is 11.5. The van der Waals surface area contributed by atoms with E-state index in [0.717, 1.165) is 5.56 Å². The molecule has 0 saturated heterocycles. The van der Waals surface area contributed by atoms with Crippen LogP contribution in [0.2, 0.25) is 0 Å². The standard InChI is InChI=1S/C26H24N2O6/c1-4-7-16-12-17(13-23(31-2)24(16)32-3)25(29)28-20-9-6-5-8-19(20)26(30)27-18-10-11-21-22(14-18)34-15-33-21/h4-6,8-14H,1,7,15H2,2-3H3,(H,27,30)(H,28,29). The van der Waals surface area contributed by atoms with E-state index in [1.165, 1.54) is 7.11 Å². The minimum atomic E-state index is -0.394. The average molecular weight is 460 g/mol. The maximum absolute atomic E-state index is 13.1. The number of carbonyl (C=O) groups is 2. The summed E-state index contributed by atoms with van der Waals surface area (Å²) >= 11 is 0. The summed E-state index contributed by atoms with van der Waals surface area (Å²) in [7, 11) is 3.05. The van der Waals surface area contributed by atoms with Crippen molar-refractivity contribution in [1.29, 1.82) is 0 Å². The van der Waals surface area contributed by atoms with Gasteiger partial charge < -0.3 is 29.6 Å². The van der Waals surface area contributed by atoms with Gasteiger partial charge in [0.1, 0.15) is 0 Å². The Morgan fingerprint density at radius 1 is 0.971 bits per heavy atom. The zero-order chi connectivity index (χ0) is 24.1. The number of nitrogens with one attached hydrogen (secondary N) is 2. The Morgan fingerprint density at radius 2 is 1.76 bits per heavy atom. The third kappa shape index (κ3) is 4.66. The van der Waals surface area contributed by atoms with Crippen molar-refractivity contribution < 1.29 is 28.5 Å². The molecule has 8 nitrogen and oxygen atoms in total. The highest BCUT2D eigenvalue weighted by Gasteiger charge is 2.19. The van der Waals surface area contributed by atoms with E-state index in [-0.39, 0.29) is 12.7 Å². The summed E-state index contributed by atoms with van der Waals surface area (Å²) in [6, 6.07) is 15.2. The fourth-order valence-corrected chi connectivity index (χ4v) is 3.64. The molecular formula is C26H24N2O6. The topological polar surface area (TPSA) is 95.1 Å². The Bertz CT molecular complexity index is 1250. The van der Waals surface area contributed by atoms with Crippen molar-refractivity contribution in [3.05, 3.63) is 83.9 Å². The number of allylic oxidation sites excluding steroid dienone is 1. The highest BCUT2D eigenvalue weighted by molar-refractivity contribution is 6.12. The monoisotopic (exact) mass is 460 g/mol. The first kappa shape index (κ1) is 22.7. The molecule has 0 atom stereocenters. The molecule has 3 aromatic rings. The van der Waals surface area contributed by atoms with E-state index in [0.29, 0.717) is 51.9 Å². The molecule has 4 rings (SSSR count). The third-order valence-electron chi connectivity index (χ3n) is 5.23. The van der Waals surface area contributed by atoms with Gasteiger partial charge in [0.25, 0.3) is 11.8 Å². The van der Waals surface area contributed by atoms with Crippen molar-refractivity contribution >= 4 is 23.2 Å². The Morgan fingerprint density at radius 3 is 2.53 bits per heavy atom. The van der Waals surface area contributed by atoms with Gasteiger partial charge in [0, 0.05) is 22.9 Å². The van der Waals surface area contributed by atoms with Crippen molar-refractivity contribution in [1.82, 2.24) is 0 Å². The van der Waals surface area contributed by atoms with E-state index in [4.69, 9.17) is 18.9 Å². The predicted molar refractivity (Wildman–Crippen MR) is 128 cm³/mol. The molecule has 0 bridgehead atoms. The lowest BCUT2D eigenvalue weighted by Gasteiger charge is -2.15. The fraction of sp³-hybridized carbons (Fsp3) is 0.154. The SMILES string of the molecule is C=CCc1cc(C(=O)Nc2ccccc2C(=O)Nc2ccc3c(c2)OCO3)cc(OC)c1OC. The predicted octanol–water partition coefficient (Wildman–Crippen LogP) is 4.67. The molecule has 0 saturated carbocycles. The number of hydrogen-bond donors (Lipinski definition) is 2. The second kappa shape index (κ2) is 9.99. The minimum absolute atomic E-state index is 0.145. The van der Waals surface area contributed by atoms with E-state index in [9.17, 15) is 9.59 Å². The molecule has 1 heterocycles. The van der Waals surface area contributed by atoms with Crippen LogP contribution >= 0.6 is 0 Å². The van der Waals surface area contributed by atoms with Crippen molar-refractivity contribution in [3.8, 4) is 23.0 Å². The summed E-state index contributed by atoms with van der Waals surface area (Å²) in [5.41, 5.74) is 2.34. The minimum Gasteiger partial charge on any atom is -0.493 e. The molecular weight excluding hydrogens is 436 g/mol. The van der Waals surface area contributed by atoms with Gasteiger partial charge in [-0.05, 0) is 42.8 Å². The summed E-state index contributed by atoms with van der Waals surface area (Å²) in [5.74, 6) is 1.38. The van der Waals surface area contributed by atoms with Crippen LogP contribution in [0.1, 0.15) is 26.3 Å². The number of ether oxygens (including phenoxy) is 4. The van der Waals surface area contributed by atoms with Crippen LogP contribution in [0, 0.1) is 0 Å². The Balaban J connectivity index is 1.57. The summed E-state index contributed by atoms with van der Waals surface area (Å²) in [5, 5.41) is 5.65. The highest BCUT2D eigenvalue weighted by Crippen LogP contribution is 2.35. The number of para-hydroxylation sites is 1. The second-order valence-electron chi connectivity index (χ2n) is 7.39. The molecule has 0 aromatic heterocycles. The summed E-state index contributed by atoms with van der Waals surface area (Å²) in [4.78, 5) is 26.1. The van der Waals surface area contributed by atoms with Gasteiger partial charge in [-0.15, -0.1) is 6.58 Å². The number of anilines is 2. The van der Waals surface area contributed by atoms with Crippen LogP contribution in [0.4, 0.5) is 11.4 Å². The zero-order valence-corrected chi connectivity index (χ0v) is 18.8. The van der Waals surface area contributed by atoms with Gasteiger partial charge in [-0.25, -0.2) is 0 Å². The smallest absolute Gasteiger partial charge is 0.257 e. The molecule has 0 radical (unpaired) electrons. The third-order valence-corrected chi connectivity index (χ3v) is 5.23. The molecule has 2 N–H and O–H groups in total. The van der Waals surface area contributed by atoms with Crippen LogP contribution in [0.15, 0.2) is 67.3 Å². The molecule has 0 aliphatic carbocycles. The number of fused-ring (bicyclic) bond motifs is 1. The van der Waals surface area contributed by atoms with Crippen LogP contribution in [-0.2, 0) is 6.42 Å².